The molecule has 3 heteroatoms. The Kier molecular flexibility index (Phi) is 4.39. The third kappa shape index (κ3) is 2.71. The van der Waals surface area contributed by atoms with Gasteiger partial charge in [0.1, 0.15) is 0 Å². The number of hydrogen-bond donors (Lipinski definition) is 0. The average molecular weight is 198 g/mol. The molecular formula is C11H20NO2-. The maximum atomic E-state index is 11.0. The Morgan fingerprint density at radius 1 is 1.64 bits per heavy atom. The molecule has 2 unspecified atom stereocenters. The van der Waals surface area contributed by atoms with Gasteiger partial charge in [0, 0.05) is 17.9 Å². The molecule has 1 saturated heterocycles. The van der Waals surface area contributed by atoms with E-state index in [2.05, 4.69) is 11.8 Å². The number of aliphatic carboxylic acids is 1. The zero-order valence-electron chi connectivity index (χ0n) is 9.16. The Bertz CT molecular complexity index is 194. The molecule has 1 aliphatic heterocycles. The van der Waals surface area contributed by atoms with Crippen LogP contribution < -0.4 is 5.11 Å². The third-order valence-electron chi connectivity index (χ3n) is 3.21. The van der Waals surface area contributed by atoms with Crippen LogP contribution >= 0.6 is 0 Å². The SMILES string of the molecule is CCCCC(C(=O)[O-])C1CCCN1C. The van der Waals surface area contributed by atoms with Crippen LogP contribution in [0.3, 0.4) is 0 Å². The van der Waals surface area contributed by atoms with E-state index in [9.17, 15) is 9.90 Å². The number of carbonyl (C=O) groups is 1. The van der Waals surface area contributed by atoms with Gasteiger partial charge in [0.2, 0.25) is 0 Å². The standard InChI is InChI=1S/C11H21NO2/c1-3-4-6-9(11(13)14)10-7-5-8-12(10)2/h9-10H,3-8H2,1-2H3,(H,13,14)/p-1. The second-order valence-electron chi connectivity index (χ2n) is 4.26. The predicted octanol–water partition coefficient (Wildman–Crippen LogP) is 0.637. The number of carboxylic acid groups (broad SMARTS) is 1. The summed E-state index contributed by atoms with van der Waals surface area (Å²) in [7, 11) is 2.01. The Labute approximate surface area is 86.1 Å². The monoisotopic (exact) mass is 198 g/mol. The van der Waals surface area contributed by atoms with E-state index in [0.717, 1.165) is 38.6 Å². The number of hydrogen-bond acceptors (Lipinski definition) is 3. The van der Waals surface area contributed by atoms with Crippen LogP contribution in [0, 0.1) is 5.92 Å². The molecule has 0 radical (unpaired) electrons. The zero-order chi connectivity index (χ0) is 10.6. The number of rotatable bonds is 5. The minimum atomic E-state index is -0.864. The van der Waals surface area contributed by atoms with Crippen LogP contribution in [0.1, 0.15) is 39.0 Å². The van der Waals surface area contributed by atoms with E-state index in [1.807, 2.05) is 7.05 Å². The normalized spacial score (nSPS) is 25.1. The van der Waals surface area contributed by atoms with Crippen molar-refractivity contribution in [1.29, 1.82) is 0 Å². The van der Waals surface area contributed by atoms with E-state index in [1.165, 1.54) is 0 Å². The van der Waals surface area contributed by atoms with E-state index in [-0.39, 0.29) is 12.0 Å². The van der Waals surface area contributed by atoms with Gasteiger partial charge >= 0.3 is 0 Å². The molecule has 0 aromatic rings. The molecule has 2 atom stereocenters. The first-order chi connectivity index (χ1) is 6.66. The zero-order valence-corrected chi connectivity index (χ0v) is 9.16. The molecule has 0 bridgehead atoms. The molecule has 3 nitrogen and oxygen atoms in total. The minimum absolute atomic E-state index is 0.214. The van der Waals surface area contributed by atoms with Gasteiger partial charge in [0.05, 0.1) is 0 Å². The van der Waals surface area contributed by atoms with Crippen LogP contribution in [0.4, 0.5) is 0 Å². The highest BCUT2D eigenvalue weighted by Crippen LogP contribution is 2.25. The summed E-state index contributed by atoms with van der Waals surface area (Å²) in [6.45, 7) is 3.12. The summed E-state index contributed by atoms with van der Waals surface area (Å²) in [5.74, 6) is -1.13. The van der Waals surface area contributed by atoms with Crippen molar-refractivity contribution in [2.45, 2.75) is 45.1 Å². The maximum Gasteiger partial charge on any atom is 0.0460 e. The van der Waals surface area contributed by atoms with Crippen molar-refractivity contribution >= 4 is 5.97 Å². The van der Waals surface area contributed by atoms with Gasteiger partial charge in [0.15, 0.2) is 0 Å². The van der Waals surface area contributed by atoms with Crippen LogP contribution in [-0.4, -0.2) is 30.5 Å². The van der Waals surface area contributed by atoms with Gasteiger partial charge in [0.25, 0.3) is 0 Å². The quantitative estimate of drug-likeness (QED) is 0.651. The van der Waals surface area contributed by atoms with E-state index < -0.39 is 5.97 Å². The first-order valence-electron chi connectivity index (χ1n) is 5.58. The Morgan fingerprint density at radius 2 is 2.36 bits per heavy atom. The van der Waals surface area contributed by atoms with Crippen LogP contribution in [0.15, 0.2) is 0 Å². The van der Waals surface area contributed by atoms with E-state index in [0.29, 0.717) is 0 Å². The van der Waals surface area contributed by atoms with Gasteiger partial charge in [-0.3, -0.25) is 0 Å². The lowest BCUT2D eigenvalue weighted by atomic mass is 9.92. The highest BCUT2D eigenvalue weighted by Gasteiger charge is 2.29. The Hall–Kier alpha value is -0.570. The van der Waals surface area contributed by atoms with E-state index >= 15 is 0 Å². The van der Waals surface area contributed by atoms with Crippen molar-refractivity contribution < 1.29 is 9.90 Å². The summed E-state index contributed by atoms with van der Waals surface area (Å²) >= 11 is 0. The Balaban J connectivity index is 2.52. The minimum Gasteiger partial charge on any atom is -0.550 e. The van der Waals surface area contributed by atoms with Crippen LogP contribution in [-0.2, 0) is 4.79 Å². The molecule has 0 aromatic carbocycles. The number of unbranched alkanes of at least 4 members (excludes halogenated alkanes) is 1. The van der Waals surface area contributed by atoms with Crippen molar-refractivity contribution in [3.8, 4) is 0 Å². The van der Waals surface area contributed by atoms with Crippen LogP contribution in [0.2, 0.25) is 0 Å². The molecule has 0 spiro atoms. The predicted molar refractivity (Wildman–Crippen MR) is 53.7 cm³/mol. The van der Waals surface area contributed by atoms with Crippen LogP contribution in [0.5, 0.6) is 0 Å². The van der Waals surface area contributed by atoms with Crippen molar-refractivity contribution in [2.75, 3.05) is 13.6 Å². The number of nitrogens with zero attached hydrogens (tertiary/aromatic N) is 1. The number of carbonyl (C=O) groups excluding carboxylic acids is 1. The lowest BCUT2D eigenvalue weighted by molar-refractivity contribution is -0.313. The van der Waals surface area contributed by atoms with Crippen molar-refractivity contribution in [1.82, 2.24) is 4.90 Å². The third-order valence-corrected chi connectivity index (χ3v) is 3.21. The molecule has 0 aromatic heterocycles. The lowest BCUT2D eigenvalue weighted by Crippen LogP contribution is -2.43. The van der Waals surface area contributed by atoms with Gasteiger partial charge in [-0.05, 0) is 32.9 Å². The highest BCUT2D eigenvalue weighted by molar-refractivity contribution is 5.68. The summed E-state index contributed by atoms with van der Waals surface area (Å²) < 4.78 is 0. The second kappa shape index (κ2) is 5.35. The summed E-state index contributed by atoms with van der Waals surface area (Å²) in [6.07, 6.45) is 4.95. The molecule has 0 N–H and O–H groups in total. The molecule has 0 saturated carbocycles. The summed E-state index contributed by atoms with van der Waals surface area (Å²) in [5, 5.41) is 11.0. The number of carboxylic acids is 1. The summed E-state index contributed by atoms with van der Waals surface area (Å²) in [4.78, 5) is 13.2. The molecular weight excluding hydrogens is 178 g/mol. The summed E-state index contributed by atoms with van der Waals surface area (Å²) in [6, 6.07) is 0.214. The van der Waals surface area contributed by atoms with Crippen molar-refractivity contribution in [3.63, 3.8) is 0 Å². The fraction of sp³-hybridized carbons (Fsp3) is 0.909. The molecule has 1 fully saturated rings. The molecule has 1 rings (SSSR count). The lowest BCUT2D eigenvalue weighted by Gasteiger charge is -2.29. The molecule has 82 valence electrons. The molecule has 0 aliphatic carbocycles. The maximum absolute atomic E-state index is 11.0. The average Bonchev–Trinajstić information content (AvgIpc) is 2.52. The topological polar surface area (TPSA) is 43.4 Å². The van der Waals surface area contributed by atoms with Crippen molar-refractivity contribution in [3.05, 3.63) is 0 Å². The largest absolute Gasteiger partial charge is 0.550 e. The van der Waals surface area contributed by atoms with Gasteiger partial charge in [-0.15, -0.1) is 0 Å². The molecule has 1 heterocycles. The van der Waals surface area contributed by atoms with Gasteiger partial charge in [-0.2, -0.15) is 0 Å². The van der Waals surface area contributed by atoms with E-state index in [1.54, 1.807) is 0 Å². The fourth-order valence-electron chi connectivity index (χ4n) is 2.34. The molecule has 14 heavy (non-hydrogen) atoms. The first-order valence-corrected chi connectivity index (χ1v) is 5.58. The van der Waals surface area contributed by atoms with Gasteiger partial charge in [-0.1, -0.05) is 19.8 Å². The molecule has 0 amide bonds. The summed E-state index contributed by atoms with van der Waals surface area (Å²) in [5.41, 5.74) is 0. The first kappa shape index (κ1) is 11.5. The van der Waals surface area contributed by atoms with E-state index in [4.69, 9.17) is 0 Å². The Morgan fingerprint density at radius 3 is 2.79 bits per heavy atom. The number of likely N-dealkylation sites (tertiary alicyclic amines) is 1. The molecule has 1 aliphatic rings. The second-order valence-corrected chi connectivity index (χ2v) is 4.26. The highest BCUT2D eigenvalue weighted by atomic mass is 16.4. The smallest absolute Gasteiger partial charge is 0.0460 e. The van der Waals surface area contributed by atoms with Gasteiger partial charge in [-0.25, -0.2) is 0 Å². The van der Waals surface area contributed by atoms with Crippen molar-refractivity contribution in [2.24, 2.45) is 5.92 Å². The fourth-order valence-corrected chi connectivity index (χ4v) is 2.34. The van der Waals surface area contributed by atoms with Crippen LogP contribution in [0.25, 0.3) is 0 Å². The van der Waals surface area contributed by atoms with Gasteiger partial charge < -0.3 is 14.8 Å².